The summed E-state index contributed by atoms with van der Waals surface area (Å²) in [6, 6.07) is 33.8. The molecule has 0 radical (unpaired) electrons. The SMILES string of the molecule is Cc1cc(Oc2ccc3c4cc(C)ccc4n(-c4cc(C(C)(C)C)ccn4)c3c2)cc(C2=NC(C)(C)[C@](C)(c3ccccc3)O2)c1. The van der Waals surface area contributed by atoms with Gasteiger partial charge in [-0.15, -0.1) is 0 Å². The molecule has 4 aromatic carbocycles. The Bertz CT molecular complexity index is 2150. The van der Waals surface area contributed by atoms with Gasteiger partial charge in [0.1, 0.15) is 22.9 Å². The Morgan fingerprint density at radius 3 is 2.26 bits per heavy atom. The summed E-state index contributed by atoms with van der Waals surface area (Å²) in [4.78, 5) is 9.92. The maximum Gasteiger partial charge on any atom is 0.217 e. The number of ether oxygens (including phenoxy) is 2. The number of aromatic nitrogens is 2. The van der Waals surface area contributed by atoms with Crippen molar-refractivity contribution in [1.29, 1.82) is 0 Å². The summed E-state index contributed by atoms with van der Waals surface area (Å²) in [7, 11) is 0. The monoisotopic (exact) mass is 607 g/mol. The van der Waals surface area contributed by atoms with Gasteiger partial charge in [0.25, 0.3) is 0 Å². The first-order valence-corrected chi connectivity index (χ1v) is 16.0. The average Bonchev–Trinajstić information content (AvgIpc) is 3.46. The zero-order chi connectivity index (χ0) is 32.4. The fraction of sp³-hybridized carbons (Fsp3) is 0.268. The van der Waals surface area contributed by atoms with E-state index in [0.717, 1.165) is 50.4 Å². The number of fused-ring (bicyclic) bond motifs is 3. The molecule has 7 rings (SSSR count). The van der Waals surface area contributed by atoms with Gasteiger partial charge in [-0.2, -0.15) is 0 Å². The number of hydrogen-bond acceptors (Lipinski definition) is 4. The molecule has 5 heteroatoms. The molecule has 2 aromatic heterocycles. The number of benzene rings is 4. The first-order valence-electron chi connectivity index (χ1n) is 16.0. The molecule has 1 aliphatic heterocycles. The van der Waals surface area contributed by atoms with E-state index in [9.17, 15) is 0 Å². The van der Waals surface area contributed by atoms with E-state index in [0.29, 0.717) is 5.90 Å². The molecule has 0 fully saturated rings. The van der Waals surface area contributed by atoms with Gasteiger partial charge in [-0.05, 0) is 111 Å². The molecular formula is C41H41N3O2. The second-order valence-electron chi connectivity index (χ2n) is 14.3. The summed E-state index contributed by atoms with van der Waals surface area (Å²) in [5.41, 5.74) is 6.66. The van der Waals surface area contributed by atoms with Gasteiger partial charge < -0.3 is 9.47 Å². The topological polar surface area (TPSA) is 48.6 Å². The lowest BCUT2D eigenvalue weighted by Gasteiger charge is -2.35. The zero-order valence-electron chi connectivity index (χ0n) is 28.0. The van der Waals surface area contributed by atoms with Crippen LogP contribution in [-0.2, 0) is 15.8 Å². The normalized spacial score (nSPS) is 17.7. The summed E-state index contributed by atoms with van der Waals surface area (Å²) in [5.74, 6) is 3.01. The maximum absolute atomic E-state index is 6.68. The van der Waals surface area contributed by atoms with Gasteiger partial charge in [0.2, 0.25) is 5.90 Å². The quantitative estimate of drug-likeness (QED) is 0.196. The third-order valence-corrected chi connectivity index (χ3v) is 9.44. The minimum Gasteiger partial charge on any atom is -0.464 e. The van der Waals surface area contributed by atoms with Crippen LogP contribution in [-0.4, -0.2) is 21.0 Å². The summed E-state index contributed by atoms with van der Waals surface area (Å²) in [6.45, 7) is 17.3. The smallest absolute Gasteiger partial charge is 0.217 e. The van der Waals surface area contributed by atoms with Crippen LogP contribution in [0.4, 0.5) is 0 Å². The average molecular weight is 608 g/mol. The van der Waals surface area contributed by atoms with Crippen LogP contribution in [0.3, 0.4) is 0 Å². The van der Waals surface area contributed by atoms with Crippen molar-refractivity contribution in [3.8, 4) is 17.3 Å². The van der Waals surface area contributed by atoms with Crippen LogP contribution >= 0.6 is 0 Å². The van der Waals surface area contributed by atoms with Crippen LogP contribution in [0.15, 0.2) is 108 Å². The molecule has 6 aromatic rings. The first kappa shape index (κ1) is 29.8. The molecule has 1 aliphatic rings. The third kappa shape index (κ3) is 5.04. The van der Waals surface area contributed by atoms with E-state index in [1.165, 1.54) is 16.5 Å². The Morgan fingerprint density at radius 2 is 1.50 bits per heavy atom. The van der Waals surface area contributed by atoms with Crippen molar-refractivity contribution in [2.45, 2.75) is 71.9 Å². The van der Waals surface area contributed by atoms with Gasteiger partial charge in [-0.3, -0.25) is 4.57 Å². The minimum absolute atomic E-state index is 0.00522. The fourth-order valence-corrected chi connectivity index (χ4v) is 6.49. The van der Waals surface area contributed by atoms with Crippen molar-refractivity contribution in [1.82, 2.24) is 9.55 Å². The lowest BCUT2D eigenvalue weighted by atomic mass is 9.80. The largest absolute Gasteiger partial charge is 0.464 e. The van der Waals surface area contributed by atoms with Crippen molar-refractivity contribution in [2.75, 3.05) is 0 Å². The van der Waals surface area contributed by atoms with E-state index in [1.807, 2.05) is 30.5 Å². The molecule has 0 saturated heterocycles. The Kier molecular flexibility index (Phi) is 6.86. The number of aliphatic imine (C=N–C) groups is 1. The van der Waals surface area contributed by atoms with E-state index in [2.05, 4.69) is 133 Å². The molecule has 0 amide bonds. The van der Waals surface area contributed by atoms with E-state index in [-0.39, 0.29) is 5.41 Å². The van der Waals surface area contributed by atoms with E-state index in [1.54, 1.807) is 0 Å². The van der Waals surface area contributed by atoms with Gasteiger partial charge in [0.15, 0.2) is 5.60 Å². The highest BCUT2D eigenvalue weighted by Gasteiger charge is 2.50. The Labute approximate surface area is 271 Å². The second-order valence-corrected chi connectivity index (χ2v) is 14.3. The molecule has 1 atom stereocenters. The lowest BCUT2D eigenvalue weighted by molar-refractivity contribution is 0.0387. The fourth-order valence-electron chi connectivity index (χ4n) is 6.49. The van der Waals surface area contributed by atoms with Crippen molar-refractivity contribution in [2.24, 2.45) is 4.99 Å². The Hall–Kier alpha value is -4.90. The molecule has 0 unspecified atom stereocenters. The third-order valence-electron chi connectivity index (χ3n) is 9.44. The number of rotatable bonds is 5. The minimum atomic E-state index is -0.594. The molecule has 232 valence electrons. The lowest BCUT2D eigenvalue weighted by Crippen LogP contribution is -2.41. The molecule has 0 N–H and O–H groups in total. The molecule has 5 nitrogen and oxygen atoms in total. The maximum atomic E-state index is 6.68. The second kappa shape index (κ2) is 10.6. The molecule has 0 bridgehead atoms. The Morgan fingerprint density at radius 1 is 0.717 bits per heavy atom. The van der Waals surface area contributed by atoms with Crippen LogP contribution in [0.25, 0.3) is 27.6 Å². The van der Waals surface area contributed by atoms with Crippen molar-refractivity contribution >= 4 is 27.7 Å². The van der Waals surface area contributed by atoms with Crippen LogP contribution in [0.5, 0.6) is 11.5 Å². The van der Waals surface area contributed by atoms with Crippen LogP contribution in [0, 0.1) is 13.8 Å². The number of pyridine rings is 1. The summed E-state index contributed by atoms with van der Waals surface area (Å²) in [5, 5.41) is 2.36. The summed E-state index contributed by atoms with van der Waals surface area (Å²) < 4.78 is 15.5. The summed E-state index contributed by atoms with van der Waals surface area (Å²) >= 11 is 0. The predicted octanol–water partition coefficient (Wildman–Crippen LogP) is 10.4. The molecule has 0 aliphatic carbocycles. The van der Waals surface area contributed by atoms with Gasteiger partial charge in [-0.25, -0.2) is 9.98 Å². The van der Waals surface area contributed by atoms with Crippen molar-refractivity contribution < 1.29 is 9.47 Å². The van der Waals surface area contributed by atoms with Crippen LogP contribution < -0.4 is 4.74 Å². The van der Waals surface area contributed by atoms with Crippen molar-refractivity contribution in [3.05, 3.63) is 131 Å². The highest BCUT2D eigenvalue weighted by molar-refractivity contribution is 6.09. The van der Waals surface area contributed by atoms with Crippen LogP contribution in [0.2, 0.25) is 0 Å². The van der Waals surface area contributed by atoms with Gasteiger partial charge in [0, 0.05) is 28.6 Å². The first-order chi connectivity index (χ1) is 21.8. The van der Waals surface area contributed by atoms with E-state index in [4.69, 9.17) is 19.5 Å². The summed E-state index contributed by atoms with van der Waals surface area (Å²) in [6.07, 6.45) is 1.91. The predicted molar refractivity (Wildman–Crippen MR) is 189 cm³/mol. The number of hydrogen-bond donors (Lipinski definition) is 0. The molecule has 3 heterocycles. The zero-order valence-corrected chi connectivity index (χ0v) is 28.0. The number of nitrogens with zero attached hydrogens (tertiary/aromatic N) is 3. The Balaban J connectivity index is 1.29. The highest BCUT2D eigenvalue weighted by Crippen LogP contribution is 2.45. The van der Waals surface area contributed by atoms with Gasteiger partial charge >= 0.3 is 0 Å². The van der Waals surface area contributed by atoms with E-state index < -0.39 is 11.1 Å². The van der Waals surface area contributed by atoms with Crippen LogP contribution in [0.1, 0.15) is 69.4 Å². The van der Waals surface area contributed by atoms with Crippen molar-refractivity contribution in [3.63, 3.8) is 0 Å². The highest BCUT2D eigenvalue weighted by atomic mass is 16.5. The standard InChI is InChI=1S/C41H41N3O2/c1-26-14-17-35-34(22-26)33-16-15-31(25-36(33)44(35)37-24-30(18-19-42-37)39(3,4)5)45-32-21-27(2)20-28(23-32)38-43-40(6,7)41(8,46-38)29-12-10-9-11-13-29/h9-25H,1-8H3/t41-/m0/s1. The molecule has 0 saturated carbocycles. The molecule has 0 spiro atoms. The molecular weight excluding hydrogens is 566 g/mol. The van der Waals surface area contributed by atoms with Gasteiger partial charge in [0.05, 0.1) is 11.0 Å². The van der Waals surface area contributed by atoms with Gasteiger partial charge in [-0.1, -0.05) is 62.7 Å². The van der Waals surface area contributed by atoms with E-state index >= 15 is 0 Å². The molecule has 46 heavy (non-hydrogen) atoms. The number of aryl methyl sites for hydroxylation is 2.